The van der Waals surface area contributed by atoms with Crippen molar-refractivity contribution in [2.45, 2.75) is 12.7 Å². The summed E-state index contributed by atoms with van der Waals surface area (Å²) in [6.07, 6.45) is 0. The number of morpholine rings is 1. The third kappa shape index (κ3) is 5.10. The quantitative estimate of drug-likeness (QED) is 0.409. The average Bonchev–Trinajstić information content (AvgIpc) is 3.22. The van der Waals surface area contributed by atoms with Crippen molar-refractivity contribution >= 4 is 44.0 Å². The third-order valence-corrected chi connectivity index (χ3v) is 6.57. The van der Waals surface area contributed by atoms with Crippen LogP contribution < -0.4 is 14.9 Å². The summed E-state index contributed by atoms with van der Waals surface area (Å²) < 4.78 is 38.6. The summed E-state index contributed by atoms with van der Waals surface area (Å²) in [4.78, 5) is 11.2. The van der Waals surface area contributed by atoms with E-state index in [1.807, 2.05) is 25.1 Å². The fourth-order valence-corrected chi connectivity index (χ4v) is 4.91. The largest absolute Gasteiger partial charge is 0.378 e. The summed E-state index contributed by atoms with van der Waals surface area (Å²) in [7, 11) is -3.67. The number of benzene rings is 2. The van der Waals surface area contributed by atoms with Gasteiger partial charge in [0.15, 0.2) is 5.58 Å². The van der Waals surface area contributed by atoms with Gasteiger partial charge in [-0.2, -0.15) is 0 Å². The molecule has 1 saturated heterocycles. The van der Waals surface area contributed by atoms with Crippen LogP contribution in [0, 0.1) is 6.92 Å². The van der Waals surface area contributed by atoms with Crippen LogP contribution in [0.5, 0.6) is 0 Å². The molecule has 0 aliphatic carbocycles. The highest BCUT2D eigenvalue weighted by Crippen LogP contribution is 2.24. The maximum absolute atomic E-state index is 12.7. The van der Waals surface area contributed by atoms with E-state index in [0.717, 1.165) is 24.6 Å². The zero-order chi connectivity index (χ0) is 23.5. The van der Waals surface area contributed by atoms with E-state index in [-0.39, 0.29) is 5.75 Å². The van der Waals surface area contributed by atoms with E-state index in [1.165, 1.54) is 0 Å². The lowest BCUT2D eigenvalue weighted by Crippen LogP contribution is -2.36. The van der Waals surface area contributed by atoms with E-state index < -0.39 is 10.0 Å². The molecular formula is C23H24N6O4S. The molecule has 1 fully saturated rings. The summed E-state index contributed by atoms with van der Waals surface area (Å²) in [6, 6.07) is 16.0. The molecule has 1 aliphatic rings. The predicted molar refractivity (Wildman–Crippen MR) is 130 cm³/mol. The average molecular weight is 481 g/mol. The van der Waals surface area contributed by atoms with E-state index in [2.05, 4.69) is 30.1 Å². The van der Waals surface area contributed by atoms with Crippen LogP contribution in [0.1, 0.15) is 11.5 Å². The Bertz CT molecular complexity index is 1400. The van der Waals surface area contributed by atoms with Crippen LogP contribution in [0.25, 0.3) is 11.0 Å². The number of rotatable bonds is 7. The van der Waals surface area contributed by atoms with Gasteiger partial charge >= 0.3 is 0 Å². The van der Waals surface area contributed by atoms with Crippen LogP contribution in [0.2, 0.25) is 0 Å². The molecule has 5 rings (SSSR count). The molecule has 2 N–H and O–H groups in total. The van der Waals surface area contributed by atoms with Gasteiger partial charge in [-0.1, -0.05) is 17.3 Å². The maximum atomic E-state index is 12.7. The van der Waals surface area contributed by atoms with Crippen LogP contribution in [-0.2, 0) is 20.5 Å². The first-order chi connectivity index (χ1) is 16.4. The van der Waals surface area contributed by atoms with Crippen LogP contribution in [0.15, 0.2) is 59.1 Å². The molecule has 3 heterocycles. The van der Waals surface area contributed by atoms with Crippen molar-refractivity contribution < 1.29 is 17.7 Å². The highest BCUT2D eigenvalue weighted by atomic mass is 32.2. The Morgan fingerprint density at radius 2 is 1.74 bits per heavy atom. The van der Waals surface area contributed by atoms with E-state index in [0.29, 0.717) is 47.2 Å². The van der Waals surface area contributed by atoms with E-state index >= 15 is 0 Å². The number of anilines is 4. The number of hydrogen-bond acceptors (Lipinski definition) is 9. The Labute approximate surface area is 197 Å². The van der Waals surface area contributed by atoms with Gasteiger partial charge in [0.1, 0.15) is 28.9 Å². The molecule has 0 radical (unpaired) electrons. The van der Waals surface area contributed by atoms with Crippen LogP contribution in [-0.4, -0.2) is 49.8 Å². The zero-order valence-corrected chi connectivity index (χ0v) is 19.4. The summed E-state index contributed by atoms with van der Waals surface area (Å²) in [6.45, 7) is 4.78. The van der Waals surface area contributed by atoms with Gasteiger partial charge < -0.3 is 19.5 Å². The van der Waals surface area contributed by atoms with Gasteiger partial charge in [-0.15, -0.1) is 0 Å². The van der Waals surface area contributed by atoms with E-state index in [1.54, 1.807) is 36.4 Å². The molecule has 0 saturated carbocycles. The molecule has 0 spiro atoms. The number of aryl methyl sites for hydroxylation is 1. The molecule has 2 aromatic heterocycles. The number of aromatic nitrogens is 3. The fraction of sp³-hybridized carbons (Fsp3) is 0.261. The Morgan fingerprint density at radius 1 is 1.00 bits per heavy atom. The van der Waals surface area contributed by atoms with E-state index in [9.17, 15) is 8.42 Å². The Morgan fingerprint density at radius 3 is 2.53 bits per heavy atom. The first-order valence-electron chi connectivity index (χ1n) is 10.8. The number of ether oxygens (including phenoxy) is 1. The van der Waals surface area contributed by atoms with Crippen molar-refractivity contribution in [1.29, 1.82) is 0 Å². The predicted octanol–water partition coefficient (Wildman–Crippen LogP) is 3.45. The number of nitrogens with zero attached hydrogens (tertiary/aromatic N) is 4. The number of hydrogen-bond donors (Lipinski definition) is 2. The van der Waals surface area contributed by atoms with E-state index in [4.69, 9.17) is 9.26 Å². The zero-order valence-electron chi connectivity index (χ0n) is 18.6. The molecule has 0 unspecified atom stereocenters. The molecule has 0 amide bonds. The van der Waals surface area contributed by atoms with Crippen molar-refractivity contribution in [2.75, 3.05) is 41.2 Å². The van der Waals surface area contributed by atoms with Gasteiger partial charge in [0, 0.05) is 35.9 Å². The topological polar surface area (TPSA) is 122 Å². The molecule has 1 aliphatic heterocycles. The molecule has 0 bridgehead atoms. The second-order valence-corrected chi connectivity index (χ2v) is 9.67. The van der Waals surface area contributed by atoms with Gasteiger partial charge in [0.2, 0.25) is 10.0 Å². The smallest absolute Gasteiger partial charge is 0.238 e. The van der Waals surface area contributed by atoms with Crippen LogP contribution in [0.4, 0.5) is 23.0 Å². The van der Waals surface area contributed by atoms with Gasteiger partial charge in [-0.05, 0) is 43.3 Å². The summed E-state index contributed by atoms with van der Waals surface area (Å²) in [5.74, 6) is 1.90. The lowest BCUT2D eigenvalue weighted by atomic mass is 10.2. The summed E-state index contributed by atoms with van der Waals surface area (Å²) in [5, 5.41) is 7.85. The minimum absolute atomic E-state index is 0.283. The highest BCUT2D eigenvalue weighted by molar-refractivity contribution is 7.91. The van der Waals surface area contributed by atoms with Gasteiger partial charge in [0.05, 0.1) is 13.2 Å². The first kappa shape index (κ1) is 22.1. The van der Waals surface area contributed by atoms with Crippen molar-refractivity contribution in [2.24, 2.45) is 0 Å². The standard InChI is InChI=1S/C23H24N6O4S/c1-16-24-22(14-23(25-16)29-10-12-32-13-11-29)26-17-6-8-18(9-7-17)28-34(30,31)15-20-19-4-2-3-5-21(19)33-27-20/h2-9,14,28H,10-13,15H2,1H3,(H,24,25,26). The van der Waals surface area contributed by atoms with Gasteiger partial charge in [0.25, 0.3) is 0 Å². The van der Waals surface area contributed by atoms with Crippen molar-refractivity contribution in [3.8, 4) is 0 Å². The third-order valence-electron chi connectivity index (χ3n) is 5.37. The molecule has 4 aromatic rings. The lowest BCUT2D eigenvalue weighted by Gasteiger charge is -2.28. The number of sulfonamides is 1. The Balaban J connectivity index is 1.26. The second-order valence-electron chi connectivity index (χ2n) is 7.95. The van der Waals surface area contributed by atoms with Crippen molar-refractivity contribution in [3.05, 3.63) is 66.1 Å². The monoisotopic (exact) mass is 480 g/mol. The number of para-hydroxylation sites is 1. The van der Waals surface area contributed by atoms with Crippen LogP contribution >= 0.6 is 0 Å². The molecular weight excluding hydrogens is 456 g/mol. The van der Waals surface area contributed by atoms with Crippen LogP contribution in [0.3, 0.4) is 0 Å². The second kappa shape index (κ2) is 9.27. The first-order valence-corrected chi connectivity index (χ1v) is 12.5. The fourth-order valence-electron chi connectivity index (χ4n) is 3.78. The molecule has 34 heavy (non-hydrogen) atoms. The number of fused-ring (bicyclic) bond motifs is 1. The minimum Gasteiger partial charge on any atom is -0.378 e. The highest BCUT2D eigenvalue weighted by Gasteiger charge is 2.18. The van der Waals surface area contributed by atoms with Crippen molar-refractivity contribution in [3.63, 3.8) is 0 Å². The SMILES string of the molecule is Cc1nc(Nc2ccc(NS(=O)(=O)Cc3noc4ccccc34)cc2)cc(N2CCOCC2)n1. The maximum Gasteiger partial charge on any atom is 0.238 e. The van der Waals surface area contributed by atoms with Crippen molar-refractivity contribution in [1.82, 2.24) is 15.1 Å². The summed E-state index contributed by atoms with van der Waals surface area (Å²) in [5.41, 5.74) is 2.15. The minimum atomic E-state index is -3.67. The molecule has 11 heteroatoms. The molecule has 176 valence electrons. The Hall–Kier alpha value is -3.70. The summed E-state index contributed by atoms with van der Waals surface area (Å²) >= 11 is 0. The van der Waals surface area contributed by atoms with Gasteiger partial charge in [-0.25, -0.2) is 18.4 Å². The normalized spacial score (nSPS) is 14.3. The molecule has 2 aromatic carbocycles. The van der Waals surface area contributed by atoms with Gasteiger partial charge in [-0.3, -0.25) is 4.72 Å². The Kier molecular flexibility index (Phi) is 6.03. The molecule has 0 atom stereocenters. The number of nitrogens with one attached hydrogen (secondary N) is 2. The lowest BCUT2D eigenvalue weighted by molar-refractivity contribution is 0.122. The molecule has 10 nitrogen and oxygen atoms in total.